The van der Waals surface area contributed by atoms with E-state index in [0.29, 0.717) is 43.0 Å². The maximum Gasteiger partial charge on any atom is 0.410 e. The minimum atomic E-state index is -4.37. The first-order valence-electron chi connectivity index (χ1n) is 9.99. The Kier molecular flexibility index (Phi) is 5.11. The van der Waals surface area contributed by atoms with E-state index in [-0.39, 0.29) is 29.8 Å². The molecule has 0 bridgehead atoms. The number of pyridine rings is 1. The summed E-state index contributed by atoms with van der Waals surface area (Å²) in [6.45, 7) is 2.62. The summed E-state index contributed by atoms with van der Waals surface area (Å²) in [5.74, 6) is 0.264. The molecule has 2 atom stereocenters. The fraction of sp³-hybridized carbons (Fsp3) is 0.550. The van der Waals surface area contributed by atoms with Gasteiger partial charge in [-0.25, -0.2) is 4.68 Å². The molecule has 1 N–H and O–H groups in total. The topological polar surface area (TPSA) is 72.2 Å². The van der Waals surface area contributed by atoms with Crippen LogP contribution in [0.4, 0.5) is 19.0 Å². The molecule has 0 spiro atoms. The number of piperidine rings is 1. The third-order valence-electron chi connectivity index (χ3n) is 6.07. The number of nitrogens with one attached hydrogen (secondary N) is 1. The number of amides is 1. The van der Waals surface area contributed by atoms with Gasteiger partial charge in [-0.2, -0.15) is 18.3 Å². The molecule has 0 unspecified atom stereocenters. The van der Waals surface area contributed by atoms with Crippen LogP contribution >= 0.6 is 0 Å². The highest BCUT2D eigenvalue weighted by Crippen LogP contribution is 2.42. The highest BCUT2D eigenvalue weighted by Gasteiger charge is 2.47. The maximum absolute atomic E-state index is 13.6. The van der Waals surface area contributed by atoms with Gasteiger partial charge in [0, 0.05) is 44.5 Å². The van der Waals surface area contributed by atoms with E-state index in [4.69, 9.17) is 0 Å². The molecule has 0 saturated carbocycles. The molecule has 2 aromatic rings. The highest BCUT2D eigenvalue weighted by molar-refractivity contribution is 5.93. The maximum atomic E-state index is 13.6. The summed E-state index contributed by atoms with van der Waals surface area (Å²) < 4.78 is 43.3. The molecular formula is C20H24F3N5O2. The number of anilines is 1. The zero-order valence-corrected chi connectivity index (χ0v) is 16.8. The zero-order valence-electron chi connectivity index (χ0n) is 16.8. The van der Waals surface area contributed by atoms with E-state index in [1.165, 1.54) is 22.9 Å². The van der Waals surface area contributed by atoms with E-state index < -0.39 is 12.2 Å². The number of carbonyl (C=O) groups excluding carboxylic acids is 1. The smallest absolute Gasteiger partial charge is 0.367 e. The Morgan fingerprint density at radius 2 is 1.93 bits per heavy atom. The molecule has 0 aromatic carbocycles. The van der Waals surface area contributed by atoms with Crippen LogP contribution in [0.25, 0.3) is 0 Å². The molecule has 4 rings (SSSR count). The van der Waals surface area contributed by atoms with E-state index in [2.05, 4.69) is 10.4 Å². The number of hydrogen-bond acceptors (Lipinski definition) is 4. The number of likely N-dealkylation sites (tertiary alicyclic amines) is 1. The van der Waals surface area contributed by atoms with Gasteiger partial charge in [0.2, 0.25) is 5.56 Å². The molecular weight excluding hydrogens is 399 g/mol. The van der Waals surface area contributed by atoms with Gasteiger partial charge in [-0.15, -0.1) is 0 Å². The van der Waals surface area contributed by atoms with Crippen LogP contribution in [0.2, 0.25) is 0 Å². The first-order valence-corrected chi connectivity index (χ1v) is 9.99. The molecule has 0 radical (unpaired) electrons. The second-order valence-electron chi connectivity index (χ2n) is 8.16. The number of nitrogens with zero attached hydrogens (tertiary/aromatic N) is 4. The number of aryl methyl sites for hydroxylation is 2. The van der Waals surface area contributed by atoms with Crippen molar-refractivity contribution in [1.29, 1.82) is 0 Å². The van der Waals surface area contributed by atoms with E-state index >= 15 is 0 Å². The number of alkyl halides is 3. The minimum Gasteiger partial charge on any atom is -0.367 e. The standard InChI is InChI=1S/C20H24F3N5O2/c1-12-9-17-24-15(10-16(20(21,22)23)28(17)25-12)13-5-7-27(8-6-13)19(30)14-3-4-18(29)26(2)11-14/h3-4,9,11,13,15-16,24H,5-8,10H2,1-2H3/t15-,16+/m0/s1. The normalized spacial score (nSPS) is 22.5. The molecule has 0 aliphatic carbocycles. The summed E-state index contributed by atoms with van der Waals surface area (Å²) in [6, 6.07) is 2.54. The quantitative estimate of drug-likeness (QED) is 0.806. The third kappa shape index (κ3) is 3.82. The minimum absolute atomic E-state index is 0.0305. The molecule has 2 aromatic heterocycles. The average molecular weight is 423 g/mol. The second-order valence-corrected chi connectivity index (χ2v) is 8.16. The van der Waals surface area contributed by atoms with Crippen molar-refractivity contribution in [2.45, 2.75) is 44.4 Å². The molecule has 1 fully saturated rings. The van der Waals surface area contributed by atoms with Crippen LogP contribution in [0.15, 0.2) is 29.2 Å². The van der Waals surface area contributed by atoms with E-state index in [1.807, 2.05) is 0 Å². The SMILES string of the molecule is Cc1cc2n(n1)[C@@H](C(F)(F)F)C[C@@H](C1CCN(C(=O)c3ccc(=O)n(C)c3)CC1)N2. The molecule has 4 heterocycles. The molecule has 1 saturated heterocycles. The molecule has 162 valence electrons. The summed E-state index contributed by atoms with van der Waals surface area (Å²) in [7, 11) is 1.59. The second kappa shape index (κ2) is 7.48. The van der Waals surface area contributed by atoms with Gasteiger partial charge in [-0.1, -0.05) is 0 Å². The Labute approximate surface area is 171 Å². The van der Waals surface area contributed by atoms with Gasteiger partial charge in [0.05, 0.1) is 11.3 Å². The van der Waals surface area contributed by atoms with Crippen LogP contribution in [-0.2, 0) is 7.05 Å². The van der Waals surface area contributed by atoms with Crippen molar-refractivity contribution in [2.24, 2.45) is 13.0 Å². The highest BCUT2D eigenvalue weighted by atomic mass is 19.4. The van der Waals surface area contributed by atoms with Gasteiger partial charge < -0.3 is 14.8 Å². The van der Waals surface area contributed by atoms with Crippen LogP contribution in [0.3, 0.4) is 0 Å². The Hall–Kier alpha value is -2.78. The Bertz CT molecular complexity index is 1000. The number of rotatable bonds is 2. The van der Waals surface area contributed by atoms with Gasteiger partial charge in [-0.3, -0.25) is 9.59 Å². The first-order chi connectivity index (χ1) is 14.1. The number of halogens is 3. The molecule has 30 heavy (non-hydrogen) atoms. The van der Waals surface area contributed by atoms with Crippen molar-refractivity contribution < 1.29 is 18.0 Å². The summed E-state index contributed by atoms with van der Waals surface area (Å²) in [6.07, 6.45) is -1.69. The predicted molar refractivity (Wildman–Crippen MR) is 104 cm³/mol. The third-order valence-corrected chi connectivity index (χ3v) is 6.07. The van der Waals surface area contributed by atoms with Crippen molar-refractivity contribution in [3.8, 4) is 0 Å². The summed E-state index contributed by atoms with van der Waals surface area (Å²) in [4.78, 5) is 26.0. The lowest BCUT2D eigenvalue weighted by Crippen LogP contribution is -2.47. The van der Waals surface area contributed by atoms with Gasteiger partial charge in [0.1, 0.15) is 5.82 Å². The van der Waals surface area contributed by atoms with Crippen molar-refractivity contribution in [3.63, 3.8) is 0 Å². The number of fused-ring (bicyclic) bond motifs is 1. The van der Waals surface area contributed by atoms with Crippen molar-refractivity contribution >= 4 is 11.7 Å². The Balaban J connectivity index is 1.44. The Morgan fingerprint density at radius 3 is 2.57 bits per heavy atom. The predicted octanol–water partition coefficient (Wildman–Crippen LogP) is 2.73. The molecule has 2 aliphatic rings. The van der Waals surface area contributed by atoms with Crippen molar-refractivity contribution in [1.82, 2.24) is 19.2 Å². The van der Waals surface area contributed by atoms with Gasteiger partial charge in [0.25, 0.3) is 5.91 Å². The average Bonchev–Trinajstić information content (AvgIpc) is 3.08. The van der Waals surface area contributed by atoms with Crippen LogP contribution in [0.5, 0.6) is 0 Å². The van der Waals surface area contributed by atoms with Crippen molar-refractivity contribution in [2.75, 3.05) is 18.4 Å². The largest absolute Gasteiger partial charge is 0.410 e. The van der Waals surface area contributed by atoms with Crippen LogP contribution in [-0.4, -0.2) is 50.5 Å². The lowest BCUT2D eigenvalue weighted by atomic mass is 9.84. The van der Waals surface area contributed by atoms with Gasteiger partial charge in [-0.05, 0) is 38.2 Å². The zero-order chi connectivity index (χ0) is 21.6. The summed E-state index contributed by atoms with van der Waals surface area (Å²) in [5, 5.41) is 7.26. The molecule has 2 aliphatic heterocycles. The van der Waals surface area contributed by atoms with E-state index in [0.717, 1.165) is 4.68 Å². The molecule has 1 amide bonds. The monoisotopic (exact) mass is 423 g/mol. The molecule has 10 heteroatoms. The lowest BCUT2D eigenvalue weighted by molar-refractivity contribution is -0.174. The molecule has 7 nitrogen and oxygen atoms in total. The fourth-order valence-electron chi connectivity index (χ4n) is 4.44. The summed E-state index contributed by atoms with van der Waals surface area (Å²) in [5.41, 5.74) is 0.787. The number of aromatic nitrogens is 3. The number of carbonyl (C=O) groups is 1. The van der Waals surface area contributed by atoms with Crippen molar-refractivity contribution in [3.05, 3.63) is 46.0 Å². The van der Waals surface area contributed by atoms with Crippen LogP contribution in [0.1, 0.15) is 41.4 Å². The fourth-order valence-corrected chi connectivity index (χ4v) is 4.44. The van der Waals surface area contributed by atoms with Gasteiger partial charge >= 0.3 is 6.18 Å². The van der Waals surface area contributed by atoms with Crippen LogP contribution < -0.4 is 10.9 Å². The van der Waals surface area contributed by atoms with Crippen LogP contribution in [0, 0.1) is 12.8 Å². The Morgan fingerprint density at radius 1 is 1.23 bits per heavy atom. The summed E-state index contributed by atoms with van der Waals surface area (Å²) >= 11 is 0. The number of hydrogen-bond donors (Lipinski definition) is 1. The van der Waals surface area contributed by atoms with E-state index in [1.54, 1.807) is 24.9 Å². The van der Waals surface area contributed by atoms with Gasteiger partial charge in [0.15, 0.2) is 6.04 Å². The lowest BCUT2D eigenvalue weighted by Gasteiger charge is -2.41. The van der Waals surface area contributed by atoms with E-state index in [9.17, 15) is 22.8 Å². The first kappa shape index (κ1) is 20.5.